The molecule has 1 rings (SSSR count). The molecule has 0 saturated heterocycles. The Balaban J connectivity index is 2.70. The molecule has 1 heterocycles. The Labute approximate surface area is 83.4 Å². The van der Waals surface area contributed by atoms with Gasteiger partial charge >= 0.3 is 6.18 Å². The predicted molar refractivity (Wildman–Crippen MR) is 44.4 cm³/mol. The number of rotatable bonds is 2. The molecule has 0 aromatic carbocycles. The Morgan fingerprint density at radius 3 is 2.47 bits per heavy atom. The second-order valence-corrected chi connectivity index (χ2v) is 3.00. The summed E-state index contributed by atoms with van der Waals surface area (Å²) in [4.78, 5) is 11.3. The van der Waals surface area contributed by atoms with Gasteiger partial charge in [-0.05, 0) is 13.8 Å². The quantitative estimate of drug-likeness (QED) is 0.826. The highest BCUT2D eigenvalue weighted by Gasteiger charge is 2.29. The highest BCUT2D eigenvalue weighted by atomic mass is 19.4. The van der Waals surface area contributed by atoms with Gasteiger partial charge in [-0.15, -0.1) is 0 Å². The number of amides is 1. The molecule has 0 aliphatic carbocycles. The number of hydrogen-bond acceptors (Lipinski definition) is 3. The van der Waals surface area contributed by atoms with Gasteiger partial charge in [0, 0.05) is 0 Å². The lowest BCUT2D eigenvalue weighted by Crippen LogP contribution is -2.34. The van der Waals surface area contributed by atoms with Crippen molar-refractivity contribution in [2.45, 2.75) is 20.0 Å². The fourth-order valence-electron chi connectivity index (χ4n) is 1.08. The summed E-state index contributed by atoms with van der Waals surface area (Å²) in [6.07, 6.45) is -4.42. The van der Waals surface area contributed by atoms with Crippen LogP contribution in [0.15, 0.2) is 4.52 Å². The number of aryl methyl sites for hydroxylation is 2. The Bertz CT molecular complexity index is 351. The molecule has 0 aliphatic rings. The van der Waals surface area contributed by atoms with Gasteiger partial charge in [-0.2, -0.15) is 13.2 Å². The van der Waals surface area contributed by atoms with Crippen LogP contribution in [0.3, 0.4) is 0 Å². The molecular weight excluding hydrogens is 213 g/mol. The van der Waals surface area contributed by atoms with Crippen molar-refractivity contribution < 1.29 is 22.5 Å². The Kier molecular flexibility index (Phi) is 3.01. The minimum Gasteiger partial charge on any atom is -0.361 e. The molecule has 0 aliphatic heterocycles. The number of hydrogen-bond donors (Lipinski definition) is 1. The number of carbonyl (C=O) groups is 1. The molecule has 0 atom stereocenters. The van der Waals surface area contributed by atoms with E-state index in [4.69, 9.17) is 0 Å². The van der Waals surface area contributed by atoms with Crippen molar-refractivity contribution in [1.82, 2.24) is 10.5 Å². The van der Waals surface area contributed by atoms with Gasteiger partial charge in [0.2, 0.25) is 0 Å². The first kappa shape index (κ1) is 11.5. The molecule has 7 heteroatoms. The van der Waals surface area contributed by atoms with Crippen LogP contribution in [-0.2, 0) is 0 Å². The van der Waals surface area contributed by atoms with Gasteiger partial charge in [-0.1, -0.05) is 5.16 Å². The lowest BCUT2D eigenvalue weighted by Gasteiger charge is -2.07. The smallest absolute Gasteiger partial charge is 0.361 e. The predicted octanol–water partition coefficient (Wildman–Crippen LogP) is 1.58. The minimum absolute atomic E-state index is 0.0549. The molecule has 0 radical (unpaired) electrons. The standard InChI is InChI=1S/C8H9F3N2O2/c1-4-6(5(2)15-13-4)7(14)12-3-8(9,10)11/h3H2,1-2H3,(H,12,14). The Morgan fingerprint density at radius 1 is 1.47 bits per heavy atom. The fraction of sp³-hybridized carbons (Fsp3) is 0.500. The van der Waals surface area contributed by atoms with E-state index in [0.717, 1.165) is 0 Å². The van der Waals surface area contributed by atoms with Crippen molar-refractivity contribution in [2.24, 2.45) is 0 Å². The van der Waals surface area contributed by atoms with Gasteiger partial charge in [0.15, 0.2) is 0 Å². The average molecular weight is 222 g/mol. The zero-order chi connectivity index (χ0) is 11.6. The summed E-state index contributed by atoms with van der Waals surface area (Å²) in [5, 5.41) is 5.21. The summed E-state index contributed by atoms with van der Waals surface area (Å²) < 4.78 is 40.1. The molecule has 1 aromatic rings. The SMILES string of the molecule is Cc1noc(C)c1C(=O)NCC(F)(F)F. The molecule has 4 nitrogen and oxygen atoms in total. The van der Waals surface area contributed by atoms with E-state index >= 15 is 0 Å². The number of aromatic nitrogens is 1. The maximum Gasteiger partial charge on any atom is 0.405 e. The van der Waals surface area contributed by atoms with E-state index in [2.05, 4.69) is 9.68 Å². The van der Waals surface area contributed by atoms with Crippen LogP contribution in [0.4, 0.5) is 13.2 Å². The third-order valence-electron chi connectivity index (χ3n) is 1.71. The van der Waals surface area contributed by atoms with E-state index in [1.165, 1.54) is 13.8 Å². The molecule has 0 fully saturated rings. The van der Waals surface area contributed by atoms with E-state index in [-0.39, 0.29) is 17.0 Å². The fourth-order valence-corrected chi connectivity index (χ4v) is 1.08. The van der Waals surface area contributed by atoms with E-state index in [0.29, 0.717) is 0 Å². The third kappa shape index (κ3) is 2.97. The Morgan fingerprint density at radius 2 is 2.07 bits per heavy atom. The number of nitrogens with zero attached hydrogens (tertiary/aromatic N) is 1. The largest absolute Gasteiger partial charge is 0.405 e. The number of nitrogens with one attached hydrogen (secondary N) is 1. The highest BCUT2D eigenvalue weighted by molar-refractivity contribution is 5.96. The lowest BCUT2D eigenvalue weighted by atomic mass is 10.2. The van der Waals surface area contributed by atoms with Crippen LogP contribution in [0.5, 0.6) is 0 Å². The van der Waals surface area contributed by atoms with Gasteiger partial charge in [0.05, 0.1) is 5.69 Å². The van der Waals surface area contributed by atoms with Crippen LogP contribution in [0, 0.1) is 13.8 Å². The zero-order valence-electron chi connectivity index (χ0n) is 8.10. The molecule has 0 spiro atoms. The first-order valence-corrected chi connectivity index (χ1v) is 4.09. The highest BCUT2D eigenvalue weighted by Crippen LogP contribution is 2.15. The molecule has 1 N–H and O–H groups in total. The van der Waals surface area contributed by atoms with Crippen LogP contribution in [0.1, 0.15) is 21.8 Å². The maximum atomic E-state index is 11.8. The molecule has 1 aromatic heterocycles. The number of carbonyl (C=O) groups excluding carboxylic acids is 1. The summed E-state index contributed by atoms with van der Waals surface area (Å²) in [6.45, 7) is 1.58. The second kappa shape index (κ2) is 3.92. The average Bonchev–Trinajstić information content (AvgIpc) is 2.41. The summed E-state index contributed by atoms with van der Waals surface area (Å²) in [5.41, 5.74) is 0.325. The van der Waals surface area contributed by atoms with Crippen molar-refractivity contribution >= 4 is 5.91 Å². The van der Waals surface area contributed by atoms with Crippen LogP contribution < -0.4 is 5.32 Å². The second-order valence-electron chi connectivity index (χ2n) is 3.00. The first-order chi connectivity index (χ1) is 6.81. The van der Waals surface area contributed by atoms with Gasteiger partial charge in [0.1, 0.15) is 17.9 Å². The summed E-state index contributed by atoms with van der Waals surface area (Å²) in [7, 11) is 0. The molecule has 1 amide bonds. The minimum atomic E-state index is -4.42. The molecule has 84 valence electrons. The summed E-state index contributed by atoms with van der Waals surface area (Å²) in [5.74, 6) is -0.629. The van der Waals surface area contributed by atoms with Gasteiger partial charge in [0.25, 0.3) is 5.91 Å². The van der Waals surface area contributed by atoms with E-state index in [1.54, 1.807) is 5.32 Å². The maximum absolute atomic E-state index is 11.8. The van der Waals surface area contributed by atoms with Gasteiger partial charge in [-0.25, -0.2) is 0 Å². The van der Waals surface area contributed by atoms with Gasteiger partial charge in [-0.3, -0.25) is 4.79 Å². The van der Waals surface area contributed by atoms with E-state index in [1.807, 2.05) is 0 Å². The molecular formula is C8H9F3N2O2. The first-order valence-electron chi connectivity index (χ1n) is 4.09. The summed E-state index contributed by atoms with van der Waals surface area (Å²) >= 11 is 0. The third-order valence-corrected chi connectivity index (χ3v) is 1.71. The topological polar surface area (TPSA) is 55.1 Å². The van der Waals surface area contributed by atoms with E-state index in [9.17, 15) is 18.0 Å². The molecule has 0 bridgehead atoms. The van der Waals surface area contributed by atoms with Crippen LogP contribution >= 0.6 is 0 Å². The van der Waals surface area contributed by atoms with E-state index < -0.39 is 18.6 Å². The van der Waals surface area contributed by atoms with Crippen molar-refractivity contribution in [3.63, 3.8) is 0 Å². The monoisotopic (exact) mass is 222 g/mol. The van der Waals surface area contributed by atoms with Gasteiger partial charge < -0.3 is 9.84 Å². The summed E-state index contributed by atoms with van der Waals surface area (Å²) in [6, 6.07) is 0. The lowest BCUT2D eigenvalue weighted by molar-refractivity contribution is -0.123. The van der Waals surface area contributed by atoms with Crippen molar-refractivity contribution in [3.05, 3.63) is 17.0 Å². The zero-order valence-corrected chi connectivity index (χ0v) is 8.10. The normalized spacial score (nSPS) is 11.5. The Hall–Kier alpha value is -1.53. The van der Waals surface area contributed by atoms with Crippen LogP contribution in [0.2, 0.25) is 0 Å². The van der Waals surface area contributed by atoms with Crippen molar-refractivity contribution in [2.75, 3.05) is 6.54 Å². The number of halogens is 3. The molecule has 0 saturated carbocycles. The number of alkyl halides is 3. The van der Waals surface area contributed by atoms with Crippen LogP contribution in [-0.4, -0.2) is 23.8 Å². The molecule has 15 heavy (non-hydrogen) atoms. The van der Waals surface area contributed by atoms with Crippen LogP contribution in [0.25, 0.3) is 0 Å². The molecule has 0 unspecified atom stereocenters. The van der Waals surface area contributed by atoms with Crippen molar-refractivity contribution in [3.8, 4) is 0 Å². The van der Waals surface area contributed by atoms with Crippen molar-refractivity contribution in [1.29, 1.82) is 0 Å².